The Morgan fingerprint density at radius 3 is 2.76 bits per heavy atom. The smallest absolute Gasteiger partial charge is 0.0841 e. The van der Waals surface area contributed by atoms with Crippen LogP contribution in [0, 0.1) is 0 Å². The highest BCUT2D eigenvalue weighted by molar-refractivity contribution is 8.00. The Morgan fingerprint density at radius 2 is 2.05 bits per heavy atom. The first kappa shape index (κ1) is 14.9. The van der Waals surface area contributed by atoms with E-state index in [-0.39, 0.29) is 0 Å². The molecule has 0 bridgehead atoms. The van der Waals surface area contributed by atoms with Gasteiger partial charge in [-0.15, -0.1) is 0 Å². The molecule has 1 fully saturated rings. The minimum absolute atomic E-state index is 0.461. The molecule has 3 nitrogen and oxygen atoms in total. The van der Waals surface area contributed by atoms with E-state index in [9.17, 15) is 0 Å². The van der Waals surface area contributed by atoms with Crippen molar-refractivity contribution in [2.45, 2.75) is 50.4 Å². The predicted molar refractivity (Wildman–Crippen MR) is 91.8 cm³/mol. The number of hydrogen-bond acceptors (Lipinski definition) is 3. The summed E-state index contributed by atoms with van der Waals surface area (Å²) in [4.78, 5) is 0. The van der Waals surface area contributed by atoms with Gasteiger partial charge in [-0.1, -0.05) is 31.0 Å². The van der Waals surface area contributed by atoms with Crippen molar-refractivity contribution in [3.8, 4) is 0 Å². The fourth-order valence-corrected chi connectivity index (χ4v) is 4.39. The molecule has 2 aromatic rings. The highest BCUT2D eigenvalue weighted by Crippen LogP contribution is 2.39. The number of thioether (sulfide) groups is 1. The summed E-state index contributed by atoms with van der Waals surface area (Å²) < 4.78 is 2.56. The maximum atomic E-state index is 4.77. The zero-order valence-corrected chi connectivity index (χ0v) is 13.9. The molecular weight excluding hydrogens is 278 g/mol. The number of nitrogens with one attached hydrogen (secondary N) is 1. The molecule has 0 atom stereocenters. The molecule has 1 saturated carbocycles. The first-order chi connectivity index (χ1) is 10.3. The SMILES string of the molecule is CCn1nc(CNCC2(SC)CCCC2)c2ccccc21. The van der Waals surface area contributed by atoms with Crippen LogP contribution in [0.5, 0.6) is 0 Å². The summed E-state index contributed by atoms with van der Waals surface area (Å²) in [6, 6.07) is 8.55. The molecule has 0 radical (unpaired) electrons. The summed E-state index contributed by atoms with van der Waals surface area (Å²) in [6.45, 7) is 5.05. The summed E-state index contributed by atoms with van der Waals surface area (Å²) in [5.41, 5.74) is 2.43. The van der Waals surface area contributed by atoms with E-state index in [1.807, 2.05) is 11.8 Å². The monoisotopic (exact) mass is 303 g/mol. The summed E-state index contributed by atoms with van der Waals surface area (Å²) in [5.74, 6) is 0. The maximum absolute atomic E-state index is 4.77. The van der Waals surface area contributed by atoms with Crippen molar-refractivity contribution in [3.05, 3.63) is 30.0 Å². The summed E-state index contributed by atoms with van der Waals surface area (Å²) in [7, 11) is 0. The maximum Gasteiger partial charge on any atom is 0.0841 e. The van der Waals surface area contributed by atoms with Crippen LogP contribution in [0.3, 0.4) is 0 Å². The molecular formula is C17H25N3S. The van der Waals surface area contributed by atoms with Crippen LogP contribution < -0.4 is 5.32 Å². The van der Waals surface area contributed by atoms with Gasteiger partial charge < -0.3 is 5.32 Å². The third-order valence-corrected chi connectivity index (χ3v) is 6.14. The molecule has 1 aromatic heterocycles. The van der Waals surface area contributed by atoms with Gasteiger partial charge >= 0.3 is 0 Å². The zero-order valence-electron chi connectivity index (χ0n) is 13.1. The van der Waals surface area contributed by atoms with Crippen molar-refractivity contribution in [3.63, 3.8) is 0 Å². The molecule has 1 N–H and O–H groups in total. The summed E-state index contributed by atoms with van der Waals surface area (Å²) >= 11 is 2.04. The fraction of sp³-hybridized carbons (Fsp3) is 0.588. The lowest BCUT2D eigenvalue weighted by atomic mass is 10.1. The first-order valence-electron chi connectivity index (χ1n) is 7.98. The van der Waals surface area contributed by atoms with Gasteiger partial charge in [-0.05, 0) is 32.1 Å². The van der Waals surface area contributed by atoms with Crippen LogP contribution in [-0.4, -0.2) is 27.3 Å². The molecule has 0 saturated heterocycles. The standard InChI is InChI=1S/C17H25N3S/c1-3-20-16-9-5-4-8-14(16)15(19-20)12-18-13-17(21-2)10-6-7-11-17/h4-5,8-9,18H,3,6-7,10-13H2,1-2H3. The Labute approximate surface area is 131 Å². The molecule has 0 unspecified atom stereocenters. The fourth-order valence-electron chi connectivity index (χ4n) is 3.45. The lowest BCUT2D eigenvalue weighted by Crippen LogP contribution is -2.34. The molecule has 1 heterocycles. The van der Waals surface area contributed by atoms with E-state index in [1.165, 1.54) is 42.3 Å². The number of nitrogens with zero attached hydrogens (tertiary/aromatic N) is 2. The molecule has 3 rings (SSSR count). The number of aromatic nitrogens is 2. The van der Waals surface area contributed by atoms with Crippen molar-refractivity contribution in [2.75, 3.05) is 12.8 Å². The van der Waals surface area contributed by atoms with E-state index < -0.39 is 0 Å². The third-order valence-electron chi connectivity index (χ3n) is 4.72. The van der Waals surface area contributed by atoms with Gasteiger partial charge in [-0.25, -0.2) is 0 Å². The highest BCUT2D eigenvalue weighted by Gasteiger charge is 2.32. The Kier molecular flexibility index (Phi) is 4.55. The van der Waals surface area contributed by atoms with Gasteiger partial charge in [0, 0.05) is 29.8 Å². The molecule has 1 aliphatic carbocycles. The lowest BCUT2D eigenvalue weighted by molar-refractivity contribution is 0.527. The molecule has 0 amide bonds. The van der Waals surface area contributed by atoms with E-state index in [4.69, 9.17) is 5.10 Å². The van der Waals surface area contributed by atoms with Crippen molar-refractivity contribution < 1.29 is 0 Å². The number of hydrogen-bond donors (Lipinski definition) is 1. The van der Waals surface area contributed by atoms with Crippen molar-refractivity contribution in [1.29, 1.82) is 0 Å². The van der Waals surface area contributed by atoms with Gasteiger partial charge in [-0.2, -0.15) is 16.9 Å². The second kappa shape index (κ2) is 6.41. The minimum Gasteiger partial charge on any atom is -0.310 e. The number of benzene rings is 1. The summed E-state index contributed by atoms with van der Waals surface area (Å²) in [6.07, 6.45) is 7.73. The highest BCUT2D eigenvalue weighted by atomic mass is 32.2. The minimum atomic E-state index is 0.461. The predicted octanol–water partition coefficient (Wildman–Crippen LogP) is 3.82. The van der Waals surface area contributed by atoms with Crippen LogP contribution >= 0.6 is 11.8 Å². The van der Waals surface area contributed by atoms with Crippen LogP contribution in [0.4, 0.5) is 0 Å². The van der Waals surface area contributed by atoms with Gasteiger partial charge in [0.2, 0.25) is 0 Å². The Balaban J connectivity index is 1.71. The Morgan fingerprint density at radius 1 is 1.29 bits per heavy atom. The number of aryl methyl sites for hydroxylation is 1. The number of fused-ring (bicyclic) bond motifs is 1. The average Bonchev–Trinajstić information content (AvgIpc) is 3.13. The van der Waals surface area contributed by atoms with Crippen molar-refractivity contribution in [1.82, 2.24) is 15.1 Å². The largest absolute Gasteiger partial charge is 0.310 e. The quantitative estimate of drug-likeness (QED) is 0.880. The molecule has 114 valence electrons. The van der Waals surface area contributed by atoms with Gasteiger partial charge in [0.05, 0.1) is 11.2 Å². The first-order valence-corrected chi connectivity index (χ1v) is 9.21. The second-order valence-electron chi connectivity index (χ2n) is 5.98. The van der Waals surface area contributed by atoms with E-state index >= 15 is 0 Å². The van der Waals surface area contributed by atoms with Crippen molar-refractivity contribution in [2.24, 2.45) is 0 Å². The Bertz CT molecular complexity index is 599. The molecule has 4 heteroatoms. The van der Waals surface area contributed by atoms with Gasteiger partial charge in [0.25, 0.3) is 0 Å². The zero-order chi connectivity index (χ0) is 14.7. The summed E-state index contributed by atoms with van der Waals surface area (Å²) in [5, 5.41) is 9.72. The van der Waals surface area contributed by atoms with Crippen LogP contribution in [0.1, 0.15) is 38.3 Å². The molecule has 1 aliphatic rings. The third kappa shape index (κ3) is 2.97. The van der Waals surface area contributed by atoms with E-state index in [0.717, 1.165) is 19.6 Å². The Hall–Kier alpha value is -1.00. The van der Waals surface area contributed by atoms with E-state index in [1.54, 1.807) is 0 Å². The van der Waals surface area contributed by atoms with E-state index in [0.29, 0.717) is 4.75 Å². The number of rotatable bonds is 6. The lowest BCUT2D eigenvalue weighted by Gasteiger charge is -2.26. The average molecular weight is 303 g/mol. The van der Waals surface area contributed by atoms with Gasteiger partial charge in [-0.3, -0.25) is 4.68 Å². The van der Waals surface area contributed by atoms with Crippen LogP contribution in [0.15, 0.2) is 24.3 Å². The van der Waals surface area contributed by atoms with Crippen molar-refractivity contribution >= 4 is 22.7 Å². The topological polar surface area (TPSA) is 29.9 Å². The molecule has 1 aromatic carbocycles. The van der Waals surface area contributed by atoms with Crippen LogP contribution in [0.25, 0.3) is 10.9 Å². The number of para-hydroxylation sites is 1. The van der Waals surface area contributed by atoms with Gasteiger partial charge in [0.15, 0.2) is 0 Å². The molecule has 21 heavy (non-hydrogen) atoms. The molecule has 0 aliphatic heterocycles. The second-order valence-corrected chi connectivity index (χ2v) is 7.25. The van der Waals surface area contributed by atoms with Crippen LogP contribution in [0.2, 0.25) is 0 Å². The van der Waals surface area contributed by atoms with E-state index in [2.05, 4.69) is 47.4 Å². The van der Waals surface area contributed by atoms with Crippen LogP contribution in [-0.2, 0) is 13.1 Å². The van der Waals surface area contributed by atoms with Gasteiger partial charge in [0.1, 0.15) is 0 Å². The normalized spacial score (nSPS) is 17.6. The molecule has 0 spiro atoms.